The van der Waals surface area contributed by atoms with E-state index in [9.17, 15) is 4.79 Å². The van der Waals surface area contributed by atoms with Gasteiger partial charge < -0.3 is 9.47 Å². The van der Waals surface area contributed by atoms with Crippen LogP contribution in [0.1, 0.15) is 30.5 Å². The van der Waals surface area contributed by atoms with E-state index in [2.05, 4.69) is 30.5 Å². The zero-order valence-electron chi connectivity index (χ0n) is 15.1. The van der Waals surface area contributed by atoms with Crippen LogP contribution in [0.25, 0.3) is 10.8 Å². The van der Waals surface area contributed by atoms with E-state index in [1.54, 1.807) is 0 Å². The molecule has 4 rings (SSSR count). The number of anilines is 1. The molecule has 1 aliphatic rings. The summed E-state index contributed by atoms with van der Waals surface area (Å²) in [6, 6.07) is 16.1. The number of piperidine rings is 1. The van der Waals surface area contributed by atoms with E-state index in [0.717, 1.165) is 40.0 Å². The van der Waals surface area contributed by atoms with Crippen LogP contribution in [0.2, 0.25) is 0 Å². The Balaban J connectivity index is 1.89. The number of benzene rings is 2. The number of pyridine rings is 1. The zero-order chi connectivity index (χ0) is 18.1. The summed E-state index contributed by atoms with van der Waals surface area (Å²) in [5.41, 5.74) is 3.50. The van der Waals surface area contributed by atoms with Gasteiger partial charge in [0.2, 0.25) is 0 Å². The van der Waals surface area contributed by atoms with Crippen LogP contribution in [-0.4, -0.2) is 17.7 Å². The molecule has 0 N–H and O–H groups in total. The van der Waals surface area contributed by atoms with E-state index in [-0.39, 0.29) is 5.56 Å². The minimum Gasteiger partial charge on any atom is -0.370 e. The highest BCUT2D eigenvalue weighted by Gasteiger charge is 2.20. The Kier molecular flexibility index (Phi) is 4.77. The molecule has 4 heteroatoms. The van der Waals surface area contributed by atoms with E-state index < -0.39 is 0 Å². The third kappa shape index (κ3) is 3.14. The molecule has 1 fully saturated rings. The van der Waals surface area contributed by atoms with Crippen LogP contribution in [0.5, 0.6) is 0 Å². The summed E-state index contributed by atoms with van der Waals surface area (Å²) < 4.78 is 1.93. The lowest BCUT2D eigenvalue weighted by Crippen LogP contribution is -2.33. The van der Waals surface area contributed by atoms with Gasteiger partial charge >= 0.3 is 0 Å². The Morgan fingerprint density at radius 1 is 0.923 bits per heavy atom. The summed E-state index contributed by atoms with van der Waals surface area (Å²) in [4.78, 5) is 16.6. The van der Waals surface area contributed by atoms with Gasteiger partial charge in [-0.3, -0.25) is 4.79 Å². The lowest BCUT2D eigenvalue weighted by molar-refractivity contribution is 0.574. The number of thiol groups is 1. The number of rotatable bonds is 3. The van der Waals surface area contributed by atoms with Gasteiger partial charge in [0.25, 0.3) is 5.56 Å². The summed E-state index contributed by atoms with van der Waals surface area (Å²) >= 11 is 4.36. The Hall–Kier alpha value is -2.20. The first-order valence-corrected chi connectivity index (χ1v) is 9.75. The van der Waals surface area contributed by atoms with Gasteiger partial charge in [0.15, 0.2) is 0 Å². The van der Waals surface area contributed by atoms with Gasteiger partial charge in [-0.15, -0.1) is 12.6 Å². The van der Waals surface area contributed by atoms with Crippen LogP contribution in [0, 0.1) is 6.92 Å². The van der Waals surface area contributed by atoms with E-state index in [4.69, 9.17) is 0 Å². The molecule has 26 heavy (non-hydrogen) atoms. The number of nitrogens with zero attached hydrogens (tertiary/aromatic N) is 2. The summed E-state index contributed by atoms with van der Waals surface area (Å²) in [5.74, 6) is 0. The first-order valence-electron chi connectivity index (χ1n) is 9.30. The smallest absolute Gasteiger partial charge is 0.259 e. The lowest BCUT2D eigenvalue weighted by Gasteiger charge is -2.32. The number of hydrogen-bond acceptors (Lipinski definition) is 3. The quantitative estimate of drug-likeness (QED) is 0.685. The highest BCUT2D eigenvalue weighted by atomic mass is 32.1. The second-order valence-corrected chi connectivity index (χ2v) is 7.60. The zero-order valence-corrected chi connectivity index (χ0v) is 16.0. The fourth-order valence-electron chi connectivity index (χ4n) is 3.99. The first kappa shape index (κ1) is 17.2. The Labute approximate surface area is 159 Å². The third-order valence-corrected chi connectivity index (χ3v) is 5.65. The van der Waals surface area contributed by atoms with E-state index in [1.807, 2.05) is 47.0 Å². The van der Waals surface area contributed by atoms with Crippen LogP contribution in [0.4, 0.5) is 5.69 Å². The van der Waals surface area contributed by atoms with E-state index in [0.29, 0.717) is 6.54 Å². The molecule has 0 saturated carbocycles. The molecule has 1 aromatic heterocycles. The maximum Gasteiger partial charge on any atom is 0.259 e. The molecular formula is C22H24N2OS. The summed E-state index contributed by atoms with van der Waals surface area (Å²) in [7, 11) is 0. The van der Waals surface area contributed by atoms with Crippen molar-refractivity contribution in [3.05, 3.63) is 70.1 Å². The number of fused-ring (bicyclic) bond motifs is 1. The number of aromatic nitrogens is 1. The van der Waals surface area contributed by atoms with Crippen molar-refractivity contribution in [2.45, 2.75) is 37.6 Å². The van der Waals surface area contributed by atoms with Crippen LogP contribution in [0.3, 0.4) is 0 Å². The van der Waals surface area contributed by atoms with Crippen molar-refractivity contribution in [3.63, 3.8) is 0 Å². The van der Waals surface area contributed by atoms with Gasteiger partial charge in [-0.25, -0.2) is 0 Å². The maximum atomic E-state index is 13.2. The molecule has 1 saturated heterocycles. The summed E-state index contributed by atoms with van der Waals surface area (Å²) in [6.45, 7) is 4.81. The second kappa shape index (κ2) is 7.20. The van der Waals surface area contributed by atoms with Crippen molar-refractivity contribution < 1.29 is 0 Å². The van der Waals surface area contributed by atoms with Gasteiger partial charge in [0.05, 0.1) is 12.2 Å². The largest absolute Gasteiger partial charge is 0.370 e. The fraction of sp³-hybridized carbons (Fsp3) is 0.318. The minimum absolute atomic E-state index is 0.0915. The summed E-state index contributed by atoms with van der Waals surface area (Å²) in [5, 5.41) is 1.89. The molecule has 0 unspecified atom stereocenters. The predicted octanol–water partition coefficient (Wildman–Crippen LogP) is 4.64. The van der Waals surface area contributed by atoms with Crippen LogP contribution in [0.15, 0.2) is 58.2 Å². The van der Waals surface area contributed by atoms with Crippen molar-refractivity contribution in [1.29, 1.82) is 0 Å². The van der Waals surface area contributed by atoms with Gasteiger partial charge in [0.1, 0.15) is 0 Å². The number of hydrogen-bond donors (Lipinski definition) is 1. The molecule has 3 nitrogen and oxygen atoms in total. The Bertz CT molecular complexity index is 985. The second-order valence-electron chi connectivity index (χ2n) is 7.09. The van der Waals surface area contributed by atoms with Crippen LogP contribution < -0.4 is 10.5 Å². The summed E-state index contributed by atoms with van der Waals surface area (Å²) in [6.07, 6.45) is 3.73. The molecule has 134 valence electrons. The Morgan fingerprint density at radius 2 is 1.58 bits per heavy atom. The van der Waals surface area contributed by atoms with Crippen molar-refractivity contribution in [1.82, 2.24) is 4.57 Å². The molecule has 3 aromatic rings. The van der Waals surface area contributed by atoms with Crippen LogP contribution in [-0.2, 0) is 6.54 Å². The van der Waals surface area contributed by atoms with Gasteiger partial charge in [-0.2, -0.15) is 0 Å². The fourth-order valence-corrected chi connectivity index (χ4v) is 4.14. The molecule has 0 bridgehead atoms. The standard InChI is InChI=1S/C22H24N2OS/c1-16-21(23-13-5-2-6-14-23)19-7-3-4-8-20(19)22(25)24(16)15-17-9-11-18(26)12-10-17/h3-4,7-12,26H,2,5-6,13-15H2,1H3. The van der Waals surface area contributed by atoms with Crippen molar-refractivity contribution in [3.8, 4) is 0 Å². The van der Waals surface area contributed by atoms with Gasteiger partial charge in [-0.1, -0.05) is 30.3 Å². The van der Waals surface area contributed by atoms with Crippen molar-refractivity contribution in [2.24, 2.45) is 0 Å². The molecule has 0 aliphatic carbocycles. The highest BCUT2D eigenvalue weighted by Crippen LogP contribution is 2.31. The van der Waals surface area contributed by atoms with Gasteiger partial charge in [0, 0.05) is 34.5 Å². The van der Waals surface area contributed by atoms with Crippen LogP contribution >= 0.6 is 12.6 Å². The predicted molar refractivity (Wildman–Crippen MR) is 112 cm³/mol. The van der Waals surface area contributed by atoms with Crippen molar-refractivity contribution in [2.75, 3.05) is 18.0 Å². The molecule has 0 atom stereocenters. The first-order chi connectivity index (χ1) is 12.6. The maximum absolute atomic E-state index is 13.2. The SMILES string of the molecule is Cc1c(N2CCCCC2)c2ccccc2c(=O)n1Cc1ccc(S)cc1. The monoisotopic (exact) mass is 364 g/mol. The average molecular weight is 365 g/mol. The van der Waals surface area contributed by atoms with Gasteiger partial charge in [-0.05, 0) is 49.9 Å². The van der Waals surface area contributed by atoms with Crippen molar-refractivity contribution >= 4 is 29.1 Å². The molecule has 1 aliphatic heterocycles. The molecule has 2 heterocycles. The molecular weight excluding hydrogens is 340 g/mol. The van der Waals surface area contributed by atoms with E-state index >= 15 is 0 Å². The molecule has 0 amide bonds. The average Bonchev–Trinajstić information content (AvgIpc) is 2.68. The molecule has 2 aromatic carbocycles. The topological polar surface area (TPSA) is 25.2 Å². The minimum atomic E-state index is 0.0915. The molecule has 0 radical (unpaired) electrons. The third-order valence-electron chi connectivity index (χ3n) is 5.35. The normalized spacial score (nSPS) is 14.8. The highest BCUT2D eigenvalue weighted by molar-refractivity contribution is 7.80. The molecule has 0 spiro atoms. The Morgan fingerprint density at radius 3 is 2.27 bits per heavy atom. The lowest BCUT2D eigenvalue weighted by atomic mass is 10.0. The van der Waals surface area contributed by atoms with E-state index in [1.165, 1.54) is 24.9 Å².